The molecule has 0 atom stereocenters. The van der Waals surface area contributed by atoms with Crippen molar-refractivity contribution in [2.24, 2.45) is 5.41 Å². The second kappa shape index (κ2) is 4.92. The van der Waals surface area contributed by atoms with E-state index in [1.807, 2.05) is 0 Å². The average molecular weight is 287 g/mol. The summed E-state index contributed by atoms with van der Waals surface area (Å²) in [6.07, 6.45) is 1.71. The molecular weight excluding hydrogens is 266 g/mol. The van der Waals surface area contributed by atoms with Gasteiger partial charge in [-0.1, -0.05) is 13.8 Å². The summed E-state index contributed by atoms with van der Waals surface area (Å²) < 4.78 is 31.8. The first kappa shape index (κ1) is 14.6. The van der Waals surface area contributed by atoms with Gasteiger partial charge in [-0.2, -0.15) is 4.31 Å². The highest BCUT2D eigenvalue weighted by molar-refractivity contribution is 7.89. The Morgan fingerprint density at radius 3 is 2.42 bits per heavy atom. The van der Waals surface area contributed by atoms with E-state index in [1.165, 1.54) is 10.4 Å². The zero-order valence-corrected chi connectivity index (χ0v) is 12.5. The third kappa shape index (κ3) is 2.85. The van der Waals surface area contributed by atoms with Crippen LogP contribution >= 0.6 is 0 Å². The van der Waals surface area contributed by atoms with Crippen LogP contribution in [0.15, 0.2) is 15.4 Å². The van der Waals surface area contributed by atoms with E-state index >= 15 is 0 Å². The van der Waals surface area contributed by atoms with E-state index in [0.717, 1.165) is 12.8 Å². The molecule has 5 nitrogen and oxygen atoms in total. The Balaban J connectivity index is 2.25. The van der Waals surface area contributed by atoms with Crippen LogP contribution in [0.2, 0.25) is 0 Å². The molecule has 0 amide bonds. The minimum absolute atomic E-state index is 0.177. The fourth-order valence-electron chi connectivity index (χ4n) is 2.33. The maximum absolute atomic E-state index is 12.5. The number of rotatable bonds is 3. The van der Waals surface area contributed by atoms with E-state index in [9.17, 15) is 8.42 Å². The fourth-order valence-corrected chi connectivity index (χ4v) is 3.96. The Kier molecular flexibility index (Phi) is 3.77. The summed E-state index contributed by atoms with van der Waals surface area (Å²) in [7, 11) is -3.50. The van der Waals surface area contributed by atoms with Crippen molar-refractivity contribution in [1.29, 1.82) is 0 Å². The van der Waals surface area contributed by atoms with E-state index in [2.05, 4.69) is 13.8 Å². The summed E-state index contributed by atoms with van der Waals surface area (Å²) in [6, 6.07) is 1.42. The molecule has 0 unspecified atom stereocenters. The number of sulfonamides is 1. The topological polar surface area (TPSA) is 70.8 Å². The molecule has 19 heavy (non-hydrogen) atoms. The monoisotopic (exact) mass is 287 g/mol. The fraction of sp³-hybridized carbons (Fsp3) is 0.692. The van der Waals surface area contributed by atoms with E-state index in [1.54, 1.807) is 6.92 Å². The summed E-state index contributed by atoms with van der Waals surface area (Å²) in [5, 5.41) is 9.02. The molecule has 1 saturated heterocycles. The molecule has 1 N–H and O–H groups in total. The first-order valence-electron chi connectivity index (χ1n) is 6.46. The summed E-state index contributed by atoms with van der Waals surface area (Å²) >= 11 is 0. The van der Waals surface area contributed by atoms with Crippen LogP contribution in [0.5, 0.6) is 0 Å². The second-order valence-electron chi connectivity index (χ2n) is 5.86. The number of hydrogen-bond donors (Lipinski definition) is 1. The van der Waals surface area contributed by atoms with Crippen molar-refractivity contribution in [3.05, 3.63) is 17.6 Å². The molecule has 0 bridgehead atoms. The number of aliphatic hydroxyl groups excluding tert-OH is 1. The van der Waals surface area contributed by atoms with Crippen LogP contribution < -0.4 is 0 Å². The van der Waals surface area contributed by atoms with Gasteiger partial charge in [0.25, 0.3) is 0 Å². The number of nitrogens with zero attached hydrogens (tertiary/aromatic N) is 1. The molecule has 0 aliphatic carbocycles. The van der Waals surface area contributed by atoms with Crippen LogP contribution in [0.4, 0.5) is 0 Å². The van der Waals surface area contributed by atoms with Crippen LogP contribution in [0, 0.1) is 12.3 Å². The average Bonchev–Trinajstić information content (AvgIpc) is 2.70. The van der Waals surface area contributed by atoms with Gasteiger partial charge < -0.3 is 9.52 Å². The Hall–Kier alpha value is -0.850. The molecule has 2 heterocycles. The van der Waals surface area contributed by atoms with Gasteiger partial charge >= 0.3 is 0 Å². The largest absolute Gasteiger partial charge is 0.462 e. The molecule has 1 aromatic heterocycles. The predicted molar refractivity (Wildman–Crippen MR) is 71.1 cm³/mol. The quantitative estimate of drug-likeness (QED) is 0.921. The van der Waals surface area contributed by atoms with E-state index in [4.69, 9.17) is 9.52 Å². The zero-order chi connectivity index (χ0) is 14.3. The molecule has 1 aliphatic heterocycles. The Labute approximate surface area is 114 Å². The Bertz CT molecular complexity index is 549. The summed E-state index contributed by atoms with van der Waals surface area (Å²) in [6.45, 7) is 6.71. The third-order valence-electron chi connectivity index (χ3n) is 3.77. The van der Waals surface area contributed by atoms with Crippen LogP contribution in [-0.2, 0) is 16.6 Å². The number of hydrogen-bond acceptors (Lipinski definition) is 4. The number of piperidine rings is 1. The molecular formula is C13H21NO4S. The number of aryl methyl sites for hydroxylation is 1. The lowest BCUT2D eigenvalue weighted by Gasteiger charge is -2.35. The highest BCUT2D eigenvalue weighted by Gasteiger charge is 2.34. The van der Waals surface area contributed by atoms with Crippen molar-refractivity contribution in [2.75, 3.05) is 13.1 Å². The number of aliphatic hydroxyl groups is 1. The van der Waals surface area contributed by atoms with Gasteiger partial charge in [0, 0.05) is 19.2 Å². The van der Waals surface area contributed by atoms with Crippen molar-refractivity contribution < 1.29 is 17.9 Å². The van der Waals surface area contributed by atoms with Crippen LogP contribution in [0.3, 0.4) is 0 Å². The highest BCUT2D eigenvalue weighted by atomic mass is 32.2. The lowest BCUT2D eigenvalue weighted by Crippen LogP contribution is -2.41. The van der Waals surface area contributed by atoms with Crippen molar-refractivity contribution in [3.63, 3.8) is 0 Å². The van der Waals surface area contributed by atoms with Crippen molar-refractivity contribution >= 4 is 10.0 Å². The van der Waals surface area contributed by atoms with Gasteiger partial charge in [0.15, 0.2) is 0 Å². The van der Waals surface area contributed by atoms with E-state index < -0.39 is 10.0 Å². The van der Waals surface area contributed by atoms with E-state index in [0.29, 0.717) is 18.8 Å². The summed E-state index contributed by atoms with van der Waals surface area (Å²) in [4.78, 5) is 0.177. The molecule has 1 fully saturated rings. The van der Waals surface area contributed by atoms with Crippen LogP contribution in [-0.4, -0.2) is 30.9 Å². The standard InChI is InChI=1S/C13H21NO4S/c1-10-12(8-11(9-15)18-10)19(16,17)14-6-4-13(2,3)5-7-14/h8,15H,4-7,9H2,1-3H3. The summed E-state index contributed by atoms with van der Waals surface area (Å²) in [5.41, 5.74) is 0.202. The maximum Gasteiger partial charge on any atom is 0.246 e. The van der Waals surface area contributed by atoms with Crippen molar-refractivity contribution in [3.8, 4) is 0 Å². The molecule has 108 valence electrons. The van der Waals surface area contributed by atoms with Gasteiger partial charge in [0.05, 0.1) is 0 Å². The van der Waals surface area contributed by atoms with Gasteiger partial charge in [-0.15, -0.1) is 0 Å². The molecule has 1 aliphatic rings. The first-order valence-corrected chi connectivity index (χ1v) is 7.91. The Morgan fingerprint density at radius 2 is 1.95 bits per heavy atom. The Morgan fingerprint density at radius 1 is 1.37 bits per heavy atom. The van der Waals surface area contributed by atoms with Gasteiger partial charge in [0.1, 0.15) is 23.0 Å². The molecule has 0 radical (unpaired) electrons. The van der Waals surface area contributed by atoms with Crippen LogP contribution in [0.1, 0.15) is 38.2 Å². The SMILES string of the molecule is Cc1oc(CO)cc1S(=O)(=O)N1CCC(C)(C)CC1. The lowest BCUT2D eigenvalue weighted by atomic mass is 9.83. The van der Waals surface area contributed by atoms with Crippen molar-refractivity contribution in [1.82, 2.24) is 4.31 Å². The third-order valence-corrected chi connectivity index (χ3v) is 5.78. The highest BCUT2D eigenvalue weighted by Crippen LogP contribution is 2.33. The molecule has 2 rings (SSSR count). The predicted octanol–water partition coefficient (Wildman–Crippen LogP) is 1.89. The first-order chi connectivity index (χ1) is 8.76. The van der Waals surface area contributed by atoms with Crippen LogP contribution in [0.25, 0.3) is 0 Å². The second-order valence-corrected chi connectivity index (χ2v) is 7.77. The van der Waals surface area contributed by atoms with Gasteiger partial charge in [0.2, 0.25) is 10.0 Å². The van der Waals surface area contributed by atoms with Crippen molar-refractivity contribution in [2.45, 2.75) is 45.1 Å². The molecule has 0 aromatic carbocycles. The van der Waals surface area contributed by atoms with E-state index in [-0.39, 0.29) is 22.7 Å². The molecule has 1 aromatic rings. The van der Waals surface area contributed by atoms with Gasteiger partial charge in [-0.3, -0.25) is 0 Å². The van der Waals surface area contributed by atoms with Gasteiger partial charge in [-0.25, -0.2) is 8.42 Å². The minimum Gasteiger partial charge on any atom is -0.462 e. The molecule has 0 saturated carbocycles. The molecule has 0 spiro atoms. The van der Waals surface area contributed by atoms with Gasteiger partial charge in [-0.05, 0) is 25.2 Å². The minimum atomic E-state index is -3.50. The molecule has 6 heteroatoms. The number of furan rings is 1. The summed E-state index contributed by atoms with van der Waals surface area (Å²) in [5.74, 6) is 0.627. The lowest BCUT2D eigenvalue weighted by molar-refractivity contribution is 0.195. The maximum atomic E-state index is 12.5. The smallest absolute Gasteiger partial charge is 0.246 e. The normalized spacial score (nSPS) is 20.6. The zero-order valence-electron chi connectivity index (χ0n) is 11.6.